The van der Waals surface area contributed by atoms with E-state index in [9.17, 15) is 14.4 Å². The summed E-state index contributed by atoms with van der Waals surface area (Å²) in [4.78, 5) is 36.8. The number of carbonyl (C=O) groups is 3. The minimum Gasteiger partial charge on any atom is -0.461 e. The number of thiophene rings is 1. The number of hydrogen-bond donors (Lipinski definition) is 2. The van der Waals surface area contributed by atoms with E-state index in [0.717, 1.165) is 4.88 Å². The molecule has 6 nitrogen and oxygen atoms in total. The third-order valence-corrected chi connectivity index (χ3v) is 3.83. The smallest absolute Gasteiger partial charge is 0.309 e. The van der Waals surface area contributed by atoms with Gasteiger partial charge in [0.05, 0.1) is 17.7 Å². The average molecular weight is 334 g/mol. The van der Waals surface area contributed by atoms with E-state index >= 15 is 0 Å². The summed E-state index contributed by atoms with van der Waals surface area (Å²) < 4.78 is 5.07. The number of ketones is 1. The Hall–Kier alpha value is -2.41. The van der Waals surface area contributed by atoms with Crippen molar-refractivity contribution in [1.29, 1.82) is 0 Å². The zero-order valence-corrected chi connectivity index (χ0v) is 14.0. The van der Waals surface area contributed by atoms with Gasteiger partial charge >= 0.3 is 11.8 Å². The lowest BCUT2D eigenvalue weighted by molar-refractivity contribution is -0.140. The predicted molar refractivity (Wildman–Crippen MR) is 86.2 cm³/mol. The summed E-state index contributed by atoms with van der Waals surface area (Å²) in [5, 5.41) is 5.12. The lowest BCUT2D eigenvalue weighted by Gasteiger charge is -2.19. The Bertz CT molecular complexity index is 711. The molecule has 0 aliphatic heterocycles. The molecule has 2 amide bonds. The molecule has 2 aromatic heterocycles. The van der Waals surface area contributed by atoms with E-state index in [1.165, 1.54) is 17.6 Å². The molecule has 2 aromatic rings. The van der Waals surface area contributed by atoms with Crippen LogP contribution in [0.5, 0.6) is 0 Å². The van der Waals surface area contributed by atoms with Crippen molar-refractivity contribution < 1.29 is 18.8 Å². The Morgan fingerprint density at radius 1 is 1.13 bits per heavy atom. The van der Waals surface area contributed by atoms with Gasteiger partial charge in [0.1, 0.15) is 0 Å². The maximum Gasteiger partial charge on any atom is 0.309 e. The number of nitrogens with one attached hydrogen (secondary N) is 2. The zero-order valence-electron chi connectivity index (χ0n) is 13.1. The Labute approximate surface area is 137 Å². The fraction of sp³-hybridized carbons (Fsp3) is 0.312. The van der Waals surface area contributed by atoms with Crippen LogP contribution in [0.15, 0.2) is 34.9 Å². The van der Waals surface area contributed by atoms with Crippen molar-refractivity contribution in [2.24, 2.45) is 0 Å². The highest BCUT2D eigenvalue weighted by molar-refractivity contribution is 7.14. The summed E-state index contributed by atoms with van der Waals surface area (Å²) in [5.41, 5.74) is -0.472. The molecule has 23 heavy (non-hydrogen) atoms. The quantitative estimate of drug-likeness (QED) is 0.662. The summed E-state index contributed by atoms with van der Waals surface area (Å²) in [6.45, 7) is 5.57. The monoisotopic (exact) mass is 334 g/mol. The number of carbonyl (C=O) groups excluding carboxylic acids is 3. The first-order valence-corrected chi connectivity index (χ1v) is 7.85. The van der Waals surface area contributed by atoms with E-state index < -0.39 is 17.4 Å². The molecule has 2 heterocycles. The van der Waals surface area contributed by atoms with Crippen LogP contribution in [0.2, 0.25) is 0 Å². The van der Waals surface area contributed by atoms with Crippen LogP contribution in [0.4, 0.5) is 0 Å². The highest BCUT2D eigenvalue weighted by Gasteiger charge is 2.20. The van der Waals surface area contributed by atoms with Crippen LogP contribution in [-0.4, -0.2) is 23.1 Å². The molecule has 0 fully saturated rings. The van der Waals surface area contributed by atoms with E-state index in [0.29, 0.717) is 4.88 Å². The maximum atomic E-state index is 12.1. The normalized spacial score (nSPS) is 11.1. The molecule has 0 saturated carbocycles. The molecule has 0 aliphatic carbocycles. The van der Waals surface area contributed by atoms with Crippen LogP contribution in [0.25, 0.3) is 0 Å². The minimum atomic E-state index is -0.702. The van der Waals surface area contributed by atoms with Gasteiger partial charge in [-0.05, 0) is 45.0 Å². The molecular formula is C16H18N2O4S. The summed E-state index contributed by atoms with van der Waals surface area (Å²) in [5.74, 6) is -1.32. The number of hydrogen-bond acceptors (Lipinski definition) is 5. The lowest BCUT2D eigenvalue weighted by atomic mass is 10.1. The van der Waals surface area contributed by atoms with Gasteiger partial charge in [-0.3, -0.25) is 14.4 Å². The molecule has 0 aliphatic rings. The van der Waals surface area contributed by atoms with Gasteiger partial charge in [0.15, 0.2) is 5.76 Å². The summed E-state index contributed by atoms with van der Waals surface area (Å²) in [6.07, 6.45) is 1.44. The summed E-state index contributed by atoms with van der Waals surface area (Å²) in [6, 6.07) is 6.66. The summed E-state index contributed by atoms with van der Waals surface area (Å²) >= 11 is 1.25. The predicted octanol–water partition coefficient (Wildman–Crippen LogP) is 2.10. The Morgan fingerprint density at radius 3 is 2.48 bits per heavy atom. The van der Waals surface area contributed by atoms with Crippen LogP contribution in [0.3, 0.4) is 0 Å². The van der Waals surface area contributed by atoms with Gasteiger partial charge in [-0.25, -0.2) is 0 Å². The molecule has 0 saturated heterocycles. The molecule has 2 rings (SSSR count). The largest absolute Gasteiger partial charge is 0.461 e. The van der Waals surface area contributed by atoms with Crippen LogP contribution in [0, 0.1) is 0 Å². The van der Waals surface area contributed by atoms with E-state index in [1.54, 1.807) is 45.0 Å². The van der Waals surface area contributed by atoms with Crippen LogP contribution in [0.1, 0.15) is 41.1 Å². The molecule has 0 unspecified atom stereocenters. The number of rotatable bonds is 4. The lowest BCUT2D eigenvalue weighted by Crippen LogP contribution is -2.47. The van der Waals surface area contributed by atoms with Crippen molar-refractivity contribution in [3.05, 3.63) is 46.0 Å². The van der Waals surface area contributed by atoms with E-state index in [-0.39, 0.29) is 18.1 Å². The van der Waals surface area contributed by atoms with E-state index in [2.05, 4.69) is 10.6 Å². The van der Waals surface area contributed by atoms with E-state index in [1.807, 2.05) is 0 Å². The average Bonchev–Trinajstić information content (AvgIpc) is 3.13. The molecular weight excluding hydrogens is 316 g/mol. The maximum absolute atomic E-state index is 12.1. The second-order valence-corrected chi connectivity index (χ2v) is 7.13. The number of furan rings is 1. The van der Waals surface area contributed by atoms with Crippen LogP contribution < -0.4 is 10.6 Å². The van der Waals surface area contributed by atoms with Crippen molar-refractivity contribution in [2.45, 2.75) is 32.9 Å². The molecule has 2 N–H and O–H groups in total. The Kier molecular flexibility index (Phi) is 5.00. The molecule has 0 bridgehead atoms. The highest BCUT2D eigenvalue weighted by atomic mass is 32.1. The molecule has 0 aromatic carbocycles. The zero-order chi connectivity index (χ0) is 17.0. The van der Waals surface area contributed by atoms with Crippen molar-refractivity contribution >= 4 is 28.9 Å². The summed E-state index contributed by atoms with van der Waals surface area (Å²) in [7, 11) is 0. The Balaban J connectivity index is 1.91. The van der Waals surface area contributed by atoms with Gasteiger partial charge in [-0.1, -0.05) is 0 Å². The van der Waals surface area contributed by atoms with Gasteiger partial charge in [-0.15, -0.1) is 11.3 Å². The van der Waals surface area contributed by atoms with Crippen molar-refractivity contribution in [3.8, 4) is 0 Å². The molecule has 122 valence electrons. The standard InChI is InChI=1S/C16H18N2O4S/c1-16(2,3)18-15(21)14(20)17-9-10-6-7-12(23-10)13(19)11-5-4-8-22-11/h4-8H,9H2,1-3H3,(H,17,20)(H,18,21). The molecule has 0 radical (unpaired) electrons. The van der Waals surface area contributed by atoms with Crippen LogP contribution >= 0.6 is 11.3 Å². The van der Waals surface area contributed by atoms with E-state index in [4.69, 9.17) is 4.42 Å². The van der Waals surface area contributed by atoms with Gasteiger partial charge in [0, 0.05) is 10.4 Å². The van der Waals surface area contributed by atoms with Crippen LogP contribution in [-0.2, 0) is 16.1 Å². The third-order valence-electron chi connectivity index (χ3n) is 2.75. The highest BCUT2D eigenvalue weighted by Crippen LogP contribution is 2.20. The van der Waals surface area contributed by atoms with Crippen molar-refractivity contribution in [2.75, 3.05) is 0 Å². The van der Waals surface area contributed by atoms with Gasteiger partial charge in [0.2, 0.25) is 5.78 Å². The molecule has 0 atom stereocenters. The first kappa shape index (κ1) is 17.0. The van der Waals surface area contributed by atoms with Gasteiger partial charge < -0.3 is 15.1 Å². The first-order valence-electron chi connectivity index (χ1n) is 7.03. The topological polar surface area (TPSA) is 88.4 Å². The van der Waals surface area contributed by atoms with Gasteiger partial charge in [-0.2, -0.15) is 0 Å². The second kappa shape index (κ2) is 6.78. The SMILES string of the molecule is CC(C)(C)NC(=O)C(=O)NCc1ccc(C(=O)c2ccco2)s1. The molecule has 0 spiro atoms. The Morgan fingerprint density at radius 2 is 1.87 bits per heavy atom. The van der Waals surface area contributed by atoms with Gasteiger partial charge in [0.25, 0.3) is 0 Å². The fourth-order valence-electron chi connectivity index (χ4n) is 1.77. The minimum absolute atomic E-state index is 0.187. The molecule has 7 heteroatoms. The first-order chi connectivity index (χ1) is 10.8. The second-order valence-electron chi connectivity index (χ2n) is 5.96. The fourth-order valence-corrected chi connectivity index (χ4v) is 2.66. The third kappa shape index (κ3) is 4.79. The van der Waals surface area contributed by atoms with Crippen molar-refractivity contribution in [3.63, 3.8) is 0 Å². The number of amides is 2. The van der Waals surface area contributed by atoms with Crippen molar-refractivity contribution in [1.82, 2.24) is 10.6 Å².